The van der Waals surface area contributed by atoms with Crippen LogP contribution in [-0.2, 0) is 25.9 Å². The number of hydrogen-bond acceptors (Lipinski definition) is 10. The second-order valence-electron chi connectivity index (χ2n) is 17.3. The normalized spacial score (nSPS) is 21.0. The fourth-order valence-electron chi connectivity index (χ4n) is 9.92. The van der Waals surface area contributed by atoms with E-state index in [1.54, 1.807) is 6.07 Å². The van der Waals surface area contributed by atoms with Crippen LogP contribution in [0.5, 0.6) is 0 Å². The molecule has 14 heteroatoms. The Labute approximate surface area is 394 Å². The van der Waals surface area contributed by atoms with Crippen LogP contribution in [0.15, 0.2) is 95.1 Å². The summed E-state index contributed by atoms with van der Waals surface area (Å²) in [6.07, 6.45) is 7.29. The minimum Gasteiger partial charge on any atom is -0.385 e. The molecule has 0 amide bonds. The standard InChI is InChI=1S/C25H30Cl2N6.C22H27Cl2N3.C2H3N/c1-31-16-22(12-17-2-4-19(26)5-3-17)33(15-18-13-20(27)6-7-23(18)31)21-8-10-32(11-9-21)25-14-24(28)29-30-25;1-26-15-21(12-16-2-4-18(23)5-3-16)27(20-8-10-25-11-9-20)14-17-13-19(24)6-7-22(17)26;1-2-3/h2-7,13,21-22H,8-12,14-16H2,1H3,(H2,28,29);2-7,13,20-21,25H,8-12,14-15H2,1H3;1H3/t22-;21-;/m00./s1. The van der Waals surface area contributed by atoms with Crippen molar-refractivity contribution in [2.24, 2.45) is 15.9 Å². The molecule has 2 saturated heterocycles. The zero-order chi connectivity index (χ0) is 44.5. The molecule has 9 rings (SSSR count). The van der Waals surface area contributed by atoms with E-state index < -0.39 is 0 Å². The van der Waals surface area contributed by atoms with Crippen LogP contribution in [0.3, 0.4) is 0 Å². The fourth-order valence-corrected chi connectivity index (χ4v) is 10.6. The number of anilines is 2. The van der Waals surface area contributed by atoms with Crippen molar-refractivity contribution in [2.45, 2.75) is 89.1 Å². The molecule has 2 atom stereocenters. The van der Waals surface area contributed by atoms with Crippen molar-refractivity contribution in [1.29, 1.82) is 5.26 Å². The van der Waals surface area contributed by atoms with Gasteiger partial charge in [0.15, 0.2) is 0 Å². The molecule has 0 aliphatic carbocycles. The average Bonchev–Trinajstić information content (AvgIpc) is 3.61. The van der Waals surface area contributed by atoms with Gasteiger partial charge in [-0.15, -0.1) is 10.2 Å². The van der Waals surface area contributed by atoms with Crippen LogP contribution in [0.25, 0.3) is 0 Å². The number of nitrogens with two attached hydrogens (primary N) is 1. The van der Waals surface area contributed by atoms with Crippen LogP contribution in [0.2, 0.25) is 20.1 Å². The number of nitriles is 1. The zero-order valence-corrected chi connectivity index (χ0v) is 39.7. The van der Waals surface area contributed by atoms with Crippen LogP contribution in [0.1, 0.15) is 61.3 Å². The molecule has 0 aromatic heterocycles. The number of likely N-dealkylation sites (N-methyl/N-ethyl adjacent to an activating group) is 2. The molecule has 63 heavy (non-hydrogen) atoms. The van der Waals surface area contributed by atoms with E-state index in [1.165, 1.54) is 53.4 Å². The van der Waals surface area contributed by atoms with E-state index in [4.69, 9.17) is 57.4 Å². The molecule has 5 aliphatic heterocycles. The largest absolute Gasteiger partial charge is 0.385 e. The summed E-state index contributed by atoms with van der Waals surface area (Å²) in [4.78, 5) is 12.6. The third-order valence-electron chi connectivity index (χ3n) is 13.0. The Bertz CT molecular complexity index is 2230. The van der Waals surface area contributed by atoms with Crippen molar-refractivity contribution in [3.8, 4) is 6.07 Å². The van der Waals surface area contributed by atoms with Gasteiger partial charge in [-0.25, -0.2) is 0 Å². The summed E-state index contributed by atoms with van der Waals surface area (Å²) in [5, 5.41) is 22.3. The minimum absolute atomic E-state index is 0.390. The van der Waals surface area contributed by atoms with E-state index in [9.17, 15) is 0 Å². The lowest BCUT2D eigenvalue weighted by molar-refractivity contribution is 0.0881. The minimum atomic E-state index is 0.390. The second-order valence-corrected chi connectivity index (χ2v) is 19.1. The highest BCUT2D eigenvalue weighted by molar-refractivity contribution is 6.31. The number of fused-ring (bicyclic) bond motifs is 2. The highest BCUT2D eigenvalue weighted by atomic mass is 35.5. The van der Waals surface area contributed by atoms with Crippen molar-refractivity contribution in [3.05, 3.63) is 127 Å². The molecule has 334 valence electrons. The molecular weight excluding hydrogens is 870 g/mol. The van der Waals surface area contributed by atoms with Crippen molar-refractivity contribution < 1.29 is 0 Å². The highest BCUT2D eigenvalue weighted by Gasteiger charge is 2.35. The predicted molar refractivity (Wildman–Crippen MR) is 264 cm³/mol. The van der Waals surface area contributed by atoms with E-state index >= 15 is 0 Å². The zero-order valence-electron chi connectivity index (χ0n) is 36.7. The van der Waals surface area contributed by atoms with E-state index in [0.29, 0.717) is 36.4 Å². The molecule has 4 aromatic rings. The monoisotopic (exact) mass is 928 g/mol. The molecule has 4 aromatic carbocycles. The maximum absolute atomic E-state index is 7.32. The van der Waals surface area contributed by atoms with Crippen LogP contribution in [-0.4, -0.2) is 104 Å². The Morgan fingerprint density at radius 3 is 1.51 bits per heavy atom. The predicted octanol–water partition coefficient (Wildman–Crippen LogP) is 9.53. The van der Waals surface area contributed by atoms with E-state index in [2.05, 4.69) is 103 Å². The smallest absolute Gasteiger partial charge is 0.135 e. The number of benzene rings is 4. The van der Waals surface area contributed by atoms with Gasteiger partial charge in [0.05, 0.1) is 12.5 Å². The first kappa shape index (κ1) is 46.9. The number of amidine groups is 2. The van der Waals surface area contributed by atoms with E-state index in [1.807, 2.05) is 36.4 Å². The lowest BCUT2D eigenvalue weighted by Gasteiger charge is -2.42. The lowest BCUT2D eigenvalue weighted by atomic mass is 9.97. The molecule has 0 saturated carbocycles. The summed E-state index contributed by atoms with van der Waals surface area (Å²) in [7, 11) is 4.39. The number of hydrogen-bond donors (Lipinski definition) is 2. The number of rotatable bonds is 6. The number of piperidine rings is 2. The van der Waals surface area contributed by atoms with Gasteiger partial charge in [0.25, 0.3) is 0 Å². The molecule has 3 N–H and O–H groups in total. The molecule has 5 aliphatic rings. The molecule has 10 nitrogen and oxygen atoms in total. The first-order valence-electron chi connectivity index (χ1n) is 22.1. The third kappa shape index (κ3) is 12.4. The van der Waals surface area contributed by atoms with Gasteiger partial charge in [-0.1, -0.05) is 70.7 Å². The first-order valence-corrected chi connectivity index (χ1v) is 23.6. The molecule has 0 radical (unpaired) electrons. The van der Waals surface area contributed by atoms with Gasteiger partial charge in [-0.2, -0.15) is 5.26 Å². The van der Waals surface area contributed by atoms with Crippen molar-refractivity contribution in [3.63, 3.8) is 0 Å². The summed E-state index contributed by atoms with van der Waals surface area (Å²) in [6.45, 7) is 9.45. The number of nitrogens with one attached hydrogen (secondary N) is 1. The van der Waals surface area contributed by atoms with Gasteiger partial charge in [0.1, 0.15) is 11.7 Å². The molecule has 5 heterocycles. The first-order chi connectivity index (χ1) is 30.5. The summed E-state index contributed by atoms with van der Waals surface area (Å²) in [6, 6.07) is 32.9. The maximum Gasteiger partial charge on any atom is 0.135 e. The van der Waals surface area contributed by atoms with Crippen LogP contribution < -0.4 is 20.9 Å². The van der Waals surface area contributed by atoms with Crippen LogP contribution in [0.4, 0.5) is 11.4 Å². The van der Waals surface area contributed by atoms with Gasteiger partial charge in [-0.05, 0) is 135 Å². The quantitative estimate of drug-likeness (QED) is 0.197. The SMILES string of the molecule is CC#N.CN1C[C@H](Cc2ccc(Cl)cc2)N(C2CCN(C3=NN=C(N)C3)CC2)Cc2cc(Cl)ccc21.CN1C[C@H](Cc2ccc(Cl)cc2)N(C2CCNCC2)Cc2cc(Cl)ccc21. The molecular formula is C49H60Cl4N10. The van der Waals surface area contributed by atoms with Gasteiger partial charge in [0, 0.05) is 116 Å². The molecule has 0 bridgehead atoms. The summed E-state index contributed by atoms with van der Waals surface area (Å²) >= 11 is 25.0. The van der Waals surface area contributed by atoms with Gasteiger partial charge in [0.2, 0.25) is 0 Å². The third-order valence-corrected chi connectivity index (χ3v) is 14.0. The van der Waals surface area contributed by atoms with Gasteiger partial charge in [-0.3, -0.25) is 9.80 Å². The van der Waals surface area contributed by atoms with Crippen molar-refractivity contribution in [1.82, 2.24) is 20.0 Å². The Hall–Kier alpha value is -4.05. The second kappa shape index (κ2) is 22.2. The van der Waals surface area contributed by atoms with Crippen LogP contribution in [0, 0.1) is 11.3 Å². The average molecular weight is 931 g/mol. The summed E-state index contributed by atoms with van der Waals surface area (Å²) < 4.78 is 0. The van der Waals surface area contributed by atoms with Gasteiger partial charge >= 0.3 is 0 Å². The Balaban J connectivity index is 0.000000181. The Morgan fingerprint density at radius 1 is 0.651 bits per heavy atom. The number of likely N-dealkylation sites (tertiary alicyclic amines) is 1. The maximum atomic E-state index is 7.32. The number of halogens is 4. The molecule has 2 fully saturated rings. The van der Waals surface area contributed by atoms with Crippen LogP contribution >= 0.6 is 46.4 Å². The summed E-state index contributed by atoms with van der Waals surface area (Å²) in [5.41, 5.74) is 13.7. The summed E-state index contributed by atoms with van der Waals surface area (Å²) in [5.74, 6) is 1.62. The molecule has 0 unspecified atom stereocenters. The number of nitrogens with zero attached hydrogens (tertiary/aromatic N) is 8. The highest BCUT2D eigenvalue weighted by Crippen LogP contribution is 2.35. The van der Waals surface area contributed by atoms with E-state index in [-0.39, 0.29) is 0 Å². The van der Waals surface area contributed by atoms with E-state index in [0.717, 1.165) is 104 Å². The Kier molecular flexibility index (Phi) is 16.6. The fraction of sp³-hybridized carbons (Fsp3) is 0.449. The molecule has 0 spiro atoms. The Morgan fingerprint density at radius 2 is 1.08 bits per heavy atom. The lowest BCUT2D eigenvalue weighted by Crippen LogP contribution is -2.52. The van der Waals surface area contributed by atoms with Crippen molar-refractivity contribution in [2.75, 3.05) is 63.2 Å². The van der Waals surface area contributed by atoms with Gasteiger partial charge < -0.3 is 25.8 Å². The van der Waals surface area contributed by atoms with Crippen molar-refractivity contribution >= 4 is 69.4 Å². The topological polar surface area (TPSA) is 103 Å².